The van der Waals surface area contributed by atoms with Gasteiger partial charge in [-0.05, 0) is 11.1 Å². The third kappa shape index (κ3) is 3.78. The molecule has 0 bridgehead atoms. The summed E-state index contributed by atoms with van der Waals surface area (Å²) in [6, 6.07) is 14.5. The quantitative estimate of drug-likeness (QED) is 0.691. The second-order valence-electron chi connectivity index (χ2n) is 6.92. The molecule has 2 aromatic carbocycles. The summed E-state index contributed by atoms with van der Waals surface area (Å²) < 4.78 is 95.1. The van der Waals surface area contributed by atoms with Crippen molar-refractivity contribution < 1.29 is 40.6 Å². The van der Waals surface area contributed by atoms with Crippen molar-refractivity contribution in [1.29, 1.82) is 0 Å². The lowest BCUT2D eigenvalue weighted by molar-refractivity contribution is -0.401. The number of nitrogens with zero attached hydrogens (tertiary/aromatic N) is 2. The minimum absolute atomic E-state index is 0.0714. The molecule has 0 radical (unpaired) electrons. The van der Waals surface area contributed by atoms with E-state index < -0.39 is 48.2 Å². The molecule has 3 rings (SSSR count). The van der Waals surface area contributed by atoms with Gasteiger partial charge in [-0.25, -0.2) is 0 Å². The van der Waals surface area contributed by atoms with Gasteiger partial charge in [0.15, 0.2) is 0 Å². The zero-order valence-electron chi connectivity index (χ0n) is 15.6. The minimum Gasteiger partial charge on any atom is -0.364 e. The molecule has 166 valence electrons. The van der Waals surface area contributed by atoms with Gasteiger partial charge in [0, 0.05) is 6.42 Å². The highest BCUT2D eigenvalue weighted by Gasteiger charge is 2.82. The zero-order valence-corrected chi connectivity index (χ0v) is 15.6. The molecule has 4 nitrogen and oxygen atoms in total. The lowest BCUT2D eigenvalue weighted by Crippen LogP contribution is -2.69. The van der Waals surface area contributed by atoms with Crippen LogP contribution in [0, 0.1) is 0 Å². The van der Waals surface area contributed by atoms with Gasteiger partial charge in [0.1, 0.15) is 0 Å². The molecule has 0 saturated heterocycles. The summed E-state index contributed by atoms with van der Waals surface area (Å²) in [6.07, 6.45) is -8.78. The Hall–Kier alpha value is -2.95. The number of hydrogen-bond acceptors (Lipinski definition) is 3. The maximum absolute atomic E-state index is 14.6. The molecule has 1 N–H and O–H groups in total. The summed E-state index contributed by atoms with van der Waals surface area (Å²) in [5.74, 6) is -14.1. The lowest BCUT2D eigenvalue weighted by Gasteiger charge is -2.41. The molecule has 1 aliphatic rings. The van der Waals surface area contributed by atoms with E-state index >= 15 is 0 Å². The van der Waals surface area contributed by atoms with Gasteiger partial charge in [-0.15, -0.1) is 0 Å². The second-order valence-corrected chi connectivity index (χ2v) is 6.92. The van der Waals surface area contributed by atoms with Gasteiger partial charge in [-0.3, -0.25) is 4.79 Å². The van der Waals surface area contributed by atoms with E-state index in [9.17, 15) is 40.6 Å². The first kappa shape index (κ1) is 22.7. The van der Waals surface area contributed by atoms with E-state index in [0.29, 0.717) is 0 Å². The molecule has 1 heterocycles. The van der Waals surface area contributed by atoms with Crippen molar-refractivity contribution in [2.24, 2.45) is 5.10 Å². The maximum atomic E-state index is 14.6. The summed E-state index contributed by atoms with van der Waals surface area (Å²) in [7, 11) is 0. The molecular formula is C20H15F7N2O2. The fourth-order valence-corrected chi connectivity index (χ4v) is 3.12. The van der Waals surface area contributed by atoms with Gasteiger partial charge in [-0.2, -0.15) is 40.8 Å². The van der Waals surface area contributed by atoms with Crippen molar-refractivity contribution in [2.45, 2.75) is 36.6 Å². The number of hydrogen-bond donors (Lipinski definition) is 1. The van der Waals surface area contributed by atoms with Crippen LogP contribution in [0.25, 0.3) is 0 Å². The van der Waals surface area contributed by atoms with E-state index in [1.54, 1.807) is 6.07 Å². The van der Waals surface area contributed by atoms with Crippen LogP contribution in [-0.2, 0) is 11.2 Å². The molecule has 1 amide bonds. The van der Waals surface area contributed by atoms with E-state index in [0.717, 1.165) is 0 Å². The molecule has 0 saturated carbocycles. The number of rotatable bonds is 5. The molecule has 2 aromatic rings. The zero-order chi connectivity index (χ0) is 23.1. The second kappa shape index (κ2) is 7.63. The maximum Gasteiger partial charge on any atom is 0.460 e. The topological polar surface area (TPSA) is 52.9 Å². The summed E-state index contributed by atoms with van der Waals surface area (Å²) in [5.41, 5.74) is -4.36. The van der Waals surface area contributed by atoms with Crippen LogP contribution in [0.15, 0.2) is 65.8 Å². The monoisotopic (exact) mass is 448 g/mol. The number of alkyl halides is 7. The molecule has 0 unspecified atom stereocenters. The fraction of sp³-hybridized carbons (Fsp3) is 0.300. The van der Waals surface area contributed by atoms with Crippen molar-refractivity contribution in [3.8, 4) is 0 Å². The predicted molar refractivity (Wildman–Crippen MR) is 95.5 cm³/mol. The Morgan fingerprint density at radius 3 is 1.97 bits per heavy atom. The average Bonchev–Trinajstić information content (AvgIpc) is 3.08. The van der Waals surface area contributed by atoms with Crippen molar-refractivity contribution in [2.75, 3.05) is 0 Å². The largest absolute Gasteiger partial charge is 0.460 e. The molecule has 31 heavy (non-hydrogen) atoms. The first-order valence-corrected chi connectivity index (χ1v) is 8.86. The van der Waals surface area contributed by atoms with Crippen molar-refractivity contribution in [3.05, 3.63) is 71.8 Å². The lowest BCUT2D eigenvalue weighted by atomic mass is 9.91. The molecule has 11 heteroatoms. The van der Waals surface area contributed by atoms with E-state index in [1.165, 1.54) is 54.6 Å². The highest BCUT2D eigenvalue weighted by Crippen LogP contribution is 2.54. The summed E-state index contributed by atoms with van der Waals surface area (Å²) in [6.45, 7) is 0. The number of benzene rings is 2. The van der Waals surface area contributed by atoms with E-state index in [-0.39, 0.29) is 16.1 Å². The molecule has 0 aliphatic carbocycles. The van der Waals surface area contributed by atoms with Crippen molar-refractivity contribution >= 4 is 11.6 Å². The average molecular weight is 448 g/mol. The van der Waals surface area contributed by atoms with Gasteiger partial charge >= 0.3 is 18.0 Å². The standard InChI is InChI=1S/C20H15F7N2O2/c21-18(22,19(23,24)20(25,26)27)17(31)12-15(14-9-5-2-6-10-14)28-29(17)16(30)11-13-7-3-1-4-8-13/h1-10,31H,11-12H2/t17-/m1/s1. The smallest absolute Gasteiger partial charge is 0.364 e. The van der Waals surface area contributed by atoms with Gasteiger partial charge in [0.25, 0.3) is 0 Å². The third-order valence-electron chi connectivity index (χ3n) is 4.78. The van der Waals surface area contributed by atoms with Crippen LogP contribution < -0.4 is 0 Å². The Bertz CT molecular complexity index is 978. The van der Waals surface area contributed by atoms with Gasteiger partial charge in [-0.1, -0.05) is 60.7 Å². The third-order valence-corrected chi connectivity index (χ3v) is 4.78. The number of amides is 1. The van der Waals surface area contributed by atoms with Crippen LogP contribution in [0.3, 0.4) is 0 Å². The van der Waals surface area contributed by atoms with Crippen molar-refractivity contribution in [1.82, 2.24) is 5.01 Å². The Morgan fingerprint density at radius 2 is 1.45 bits per heavy atom. The van der Waals surface area contributed by atoms with Crippen LogP contribution in [0.5, 0.6) is 0 Å². The van der Waals surface area contributed by atoms with Crippen LogP contribution in [0.2, 0.25) is 0 Å². The van der Waals surface area contributed by atoms with Gasteiger partial charge in [0.05, 0.1) is 12.1 Å². The SMILES string of the molecule is O=C(Cc1ccccc1)N1N=C(c2ccccc2)C[C@@]1(O)C(F)(F)C(F)(F)C(F)(F)F. The van der Waals surface area contributed by atoms with E-state index in [2.05, 4.69) is 5.10 Å². The number of carbonyl (C=O) groups excluding carboxylic acids is 1. The highest BCUT2D eigenvalue weighted by molar-refractivity contribution is 6.03. The van der Waals surface area contributed by atoms with Crippen LogP contribution in [-0.4, -0.2) is 45.5 Å². The Balaban J connectivity index is 2.07. The fourth-order valence-electron chi connectivity index (χ4n) is 3.12. The van der Waals surface area contributed by atoms with Crippen LogP contribution in [0.1, 0.15) is 17.5 Å². The number of halogens is 7. The van der Waals surface area contributed by atoms with Gasteiger partial charge < -0.3 is 5.11 Å². The first-order valence-electron chi connectivity index (χ1n) is 8.86. The normalized spacial score (nSPS) is 20.0. The minimum atomic E-state index is -6.68. The van der Waals surface area contributed by atoms with Gasteiger partial charge in [0.2, 0.25) is 11.6 Å². The number of carbonyl (C=O) groups is 1. The molecular weight excluding hydrogens is 433 g/mol. The Kier molecular flexibility index (Phi) is 5.59. The molecule has 1 atom stereocenters. The predicted octanol–water partition coefficient (Wildman–Crippen LogP) is 4.39. The molecule has 0 spiro atoms. The Labute approximate surface area is 171 Å². The van der Waals surface area contributed by atoms with Crippen molar-refractivity contribution in [3.63, 3.8) is 0 Å². The number of hydrazone groups is 1. The molecule has 0 aromatic heterocycles. The summed E-state index contributed by atoms with van der Waals surface area (Å²) >= 11 is 0. The van der Waals surface area contributed by atoms with E-state index in [4.69, 9.17) is 0 Å². The number of aliphatic hydroxyl groups is 1. The van der Waals surface area contributed by atoms with E-state index in [1.807, 2.05) is 0 Å². The van der Waals surface area contributed by atoms with Crippen LogP contribution in [0.4, 0.5) is 30.7 Å². The molecule has 1 aliphatic heterocycles. The first-order chi connectivity index (χ1) is 14.3. The Morgan fingerprint density at radius 1 is 0.935 bits per heavy atom. The summed E-state index contributed by atoms with van der Waals surface area (Å²) in [4.78, 5) is 12.6. The summed E-state index contributed by atoms with van der Waals surface area (Å²) in [5, 5.41) is 13.7. The molecule has 0 fully saturated rings. The van der Waals surface area contributed by atoms with Crippen LogP contribution >= 0.6 is 0 Å². The highest BCUT2D eigenvalue weighted by atomic mass is 19.4.